The zero-order valence-electron chi connectivity index (χ0n) is 13.4. The fourth-order valence-corrected chi connectivity index (χ4v) is 3.13. The number of H-pyrrole nitrogens is 1. The molecule has 1 amide bonds. The van der Waals surface area contributed by atoms with Gasteiger partial charge in [0.15, 0.2) is 0 Å². The average Bonchev–Trinajstić information content (AvgIpc) is 3.01. The molecule has 1 aliphatic rings. The van der Waals surface area contributed by atoms with Crippen molar-refractivity contribution in [2.45, 2.75) is 38.5 Å². The number of carbonyl (C=O) groups is 1. The van der Waals surface area contributed by atoms with Gasteiger partial charge in [-0.2, -0.15) is 0 Å². The number of nitrogens with one attached hydrogen (secondary N) is 1. The predicted molar refractivity (Wildman–Crippen MR) is 86.6 cm³/mol. The van der Waals surface area contributed by atoms with Gasteiger partial charge in [0.25, 0.3) is 0 Å². The summed E-state index contributed by atoms with van der Waals surface area (Å²) in [6, 6.07) is 6.37. The van der Waals surface area contributed by atoms with Crippen LogP contribution in [0.5, 0.6) is 0 Å². The number of hydrogen-bond donors (Lipinski definition) is 1. The lowest BCUT2D eigenvalue weighted by atomic mass is 9.97. The van der Waals surface area contributed by atoms with Gasteiger partial charge in [0.1, 0.15) is 11.6 Å². The minimum Gasteiger partial charge on any atom is -0.346 e. The molecule has 1 aliphatic heterocycles. The van der Waals surface area contributed by atoms with Crippen LogP contribution >= 0.6 is 0 Å². The van der Waals surface area contributed by atoms with E-state index in [1.807, 2.05) is 18.0 Å². The minimum absolute atomic E-state index is 0.169. The van der Waals surface area contributed by atoms with Crippen LogP contribution in [-0.2, 0) is 11.2 Å². The van der Waals surface area contributed by atoms with Crippen LogP contribution < -0.4 is 0 Å². The largest absolute Gasteiger partial charge is 0.346 e. The highest BCUT2D eigenvalue weighted by Gasteiger charge is 2.26. The third-order valence-electron chi connectivity index (χ3n) is 4.42. The molecule has 0 saturated carbocycles. The third-order valence-corrected chi connectivity index (χ3v) is 4.42. The maximum Gasteiger partial charge on any atom is 0.222 e. The molecule has 1 fully saturated rings. The number of aromatic nitrogens is 2. The van der Waals surface area contributed by atoms with Crippen LogP contribution in [-0.4, -0.2) is 33.9 Å². The molecule has 1 unspecified atom stereocenters. The molecule has 0 radical (unpaired) electrons. The number of rotatable bonds is 4. The number of carbonyl (C=O) groups excluding carboxylic acids is 1. The fourth-order valence-electron chi connectivity index (χ4n) is 3.13. The molecule has 122 valence electrons. The van der Waals surface area contributed by atoms with Crippen molar-refractivity contribution in [3.63, 3.8) is 0 Å². The van der Waals surface area contributed by atoms with Crippen LogP contribution in [0.2, 0.25) is 0 Å². The summed E-state index contributed by atoms with van der Waals surface area (Å²) in [5, 5.41) is 0. The molecule has 3 rings (SSSR count). The summed E-state index contributed by atoms with van der Waals surface area (Å²) in [6.45, 7) is 3.54. The summed E-state index contributed by atoms with van der Waals surface area (Å²) in [6.07, 6.45) is 5.03. The van der Waals surface area contributed by atoms with Crippen LogP contribution in [0.1, 0.15) is 42.3 Å². The number of halogens is 1. The Morgan fingerprint density at radius 2 is 2.17 bits per heavy atom. The number of piperidine rings is 1. The molecule has 1 aromatic heterocycles. The fraction of sp³-hybridized carbons (Fsp3) is 0.444. The van der Waals surface area contributed by atoms with Gasteiger partial charge >= 0.3 is 0 Å². The first-order chi connectivity index (χ1) is 11.1. The Morgan fingerprint density at radius 1 is 1.39 bits per heavy atom. The highest BCUT2D eigenvalue weighted by molar-refractivity contribution is 5.76. The third kappa shape index (κ3) is 3.97. The van der Waals surface area contributed by atoms with Gasteiger partial charge in [-0.05, 0) is 43.9 Å². The topological polar surface area (TPSA) is 49.0 Å². The Balaban J connectivity index is 1.55. The molecule has 1 saturated heterocycles. The summed E-state index contributed by atoms with van der Waals surface area (Å²) >= 11 is 0. The second-order valence-corrected chi connectivity index (χ2v) is 6.26. The van der Waals surface area contributed by atoms with Crippen molar-refractivity contribution >= 4 is 5.91 Å². The van der Waals surface area contributed by atoms with E-state index < -0.39 is 0 Å². The number of hydrogen-bond acceptors (Lipinski definition) is 2. The lowest BCUT2D eigenvalue weighted by molar-refractivity contribution is -0.132. The van der Waals surface area contributed by atoms with E-state index >= 15 is 0 Å². The van der Waals surface area contributed by atoms with Gasteiger partial charge in [0, 0.05) is 37.3 Å². The zero-order valence-corrected chi connectivity index (χ0v) is 13.4. The summed E-state index contributed by atoms with van der Waals surface area (Å²) < 4.78 is 12.9. The molecule has 23 heavy (non-hydrogen) atoms. The van der Waals surface area contributed by atoms with Gasteiger partial charge in [-0.15, -0.1) is 0 Å². The number of aromatic amines is 1. The molecule has 5 heteroatoms. The van der Waals surface area contributed by atoms with Crippen molar-refractivity contribution in [3.05, 3.63) is 53.4 Å². The van der Waals surface area contributed by atoms with Gasteiger partial charge in [-0.1, -0.05) is 12.1 Å². The molecule has 1 aromatic carbocycles. The van der Waals surface area contributed by atoms with Crippen molar-refractivity contribution in [1.29, 1.82) is 0 Å². The van der Waals surface area contributed by atoms with Gasteiger partial charge in [0.2, 0.25) is 5.91 Å². The van der Waals surface area contributed by atoms with Gasteiger partial charge in [-0.3, -0.25) is 4.79 Å². The van der Waals surface area contributed by atoms with E-state index in [4.69, 9.17) is 0 Å². The van der Waals surface area contributed by atoms with E-state index in [0.717, 1.165) is 43.0 Å². The lowest BCUT2D eigenvalue weighted by Crippen LogP contribution is -2.39. The van der Waals surface area contributed by atoms with Gasteiger partial charge in [0.05, 0.1) is 0 Å². The number of amides is 1. The van der Waals surface area contributed by atoms with Crippen LogP contribution in [0.3, 0.4) is 0 Å². The summed E-state index contributed by atoms with van der Waals surface area (Å²) in [7, 11) is 0. The van der Waals surface area contributed by atoms with Crippen molar-refractivity contribution in [1.82, 2.24) is 14.9 Å². The number of nitrogens with zero attached hydrogens (tertiary/aromatic N) is 2. The smallest absolute Gasteiger partial charge is 0.222 e. The van der Waals surface area contributed by atoms with E-state index in [0.29, 0.717) is 18.8 Å². The van der Waals surface area contributed by atoms with Crippen molar-refractivity contribution < 1.29 is 9.18 Å². The second-order valence-electron chi connectivity index (χ2n) is 6.26. The van der Waals surface area contributed by atoms with E-state index in [1.54, 1.807) is 12.1 Å². The van der Waals surface area contributed by atoms with Crippen LogP contribution in [0.4, 0.5) is 4.39 Å². The van der Waals surface area contributed by atoms with E-state index in [9.17, 15) is 9.18 Å². The monoisotopic (exact) mass is 315 g/mol. The standard InChI is InChI=1S/C18H22FN3O/c1-13-11-20-18(21-13)15-3-2-10-22(12-15)17(23)9-6-14-4-7-16(19)8-5-14/h4-5,7-8,11,15H,2-3,6,9-10,12H2,1H3,(H,20,21). The number of likely N-dealkylation sites (tertiary alicyclic amines) is 1. The summed E-state index contributed by atoms with van der Waals surface area (Å²) in [4.78, 5) is 22.1. The molecule has 1 atom stereocenters. The normalized spacial score (nSPS) is 18.2. The van der Waals surface area contributed by atoms with Crippen molar-refractivity contribution in [3.8, 4) is 0 Å². The molecule has 2 aromatic rings. The first-order valence-electron chi connectivity index (χ1n) is 8.15. The van der Waals surface area contributed by atoms with E-state index in [1.165, 1.54) is 12.1 Å². The van der Waals surface area contributed by atoms with Crippen LogP contribution in [0.15, 0.2) is 30.5 Å². The Morgan fingerprint density at radius 3 is 2.87 bits per heavy atom. The number of aryl methyl sites for hydroxylation is 2. The van der Waals surface area contributed by atoms with Gasteiger partial charge < -0.3 is 9.88 Å². The second kappa shape index (κ2) is 6.94. The highest BCUT2D eigenvalue weighted by atomic mass is 19.1. The molecule has 1 N–H and O–H groups in total. The Kier molecular flexibility index (Phi) is 4.74. The Hall–Kier alpha value is -2.17. The highest BCUT2D eigenvalue weighted by Crippen LogP contribution is 2.25. The first-order valence-corrected chi connectivity index (χ1v) is 8.15. The zero-order chi connectivity index (χ0) is 16.2. The Labute approximate surface area is 135 Å². The molecule has 2 heterocycles. The summed E-state index contributed by atoms with van der Waals surface area (Å²) in [5.74, 6) is 1.21. The van der Waals surface area contributed by atoms with Gasteiger partial charge in [-0.25, -0.2) is 9.37 Å². The molecular weight excluding hydrogens is 293 g/mol. The van der Waals surface area contributed by atoms with E-state index in [-0.39, 0.29) is 11.7 Å². The number of imidazole rings is 1. The van der Waals surface area contributed by atoms with Crippen LogP contribution in [0, 0.1) is 12.7 Å². The predicted octanol–water partition coefficient (Wildman–Crippen LogP) is 3.20. The Bertz CT molecular complexity index is 665. The molecule has 0 spiro atoms. The average molecular weight is 315 g/mol. The molecule has 0 aliphatic carbocycles. The molecule has 0 bridgehead atoms. The lowest BCUT2D eigenvalue weighted by Gasteiger charge is -2.32. The molecule has 4 nitrogen and oxygen atoms in total. The quantitative estimate of drug-likeness (QED) is 0.942. The number of benzene rings is 1. The SMILES string of the molecule is Cc1cnc(C2CCCN(C(=O)CCc3ccc(F)cc3)C2)[nH]1. The van der Waals surface area contributed by atoms with Crippen LogP contribution in [0.25, 0.3) is 0 Å². The maximum absolute atomic E-state index is 12.9. The minimum atomic E-state index is -0.243. The first kappa shape index (κ1) is 15.7. The van der Waals surface area contributed by atoms with E-state index in [2.05, 4.69) is 9.97 Å². The molecular formula is C18H22FN3O. The summed E-state index contributed by atoms with van der Waals surface area (Å²) in [5.41, 5.74) is 2.05. The van der Waals surface area contributed by atoms with Crippen molar-refractivity contribution in [2.75, 3.05) is 13.1 Å². The van der Waals surface area contributed by atoms with Crippen molar-refractivity contribution in [2.24, 2.45) is 0 Å². The maximum atomic E-state index is 12.9.